The molecule has 116 valence electrons. The number of ether oxygens (including phenoxy) is 1. The molecule has 1 amide bonds. The normalized spacial score (nSPS) is 30.2. The molecule has 0 aromatic carbocycles. The van der Waals surface area contributed by atoms with Crippen molar-refractivity contribution in [1.82, 2.24) is 10.2 Å². The van der Waals surface area contributed by atoms with Crippen LogP contribution < -0.4 is 5.32 Å². The Morgan fingerprint density at radius 2 is 2.10 bits per heavy atom. The van der Waals surface area contributed by atoms with Crippen LogP contribution in [0.4, 0.5) is 0 Å². The molecule has 0 spiro atoms. The molecule has 0 aromatic heterocycles. The lowest BCUT2D eigenvalue weighted by atomic mass is 9.85. The Morgan fingerprint density at radius 3 is 2.70 bits per heavy atom. The third-order valence-corrected chi connectivity index (χ3v) is 4.99. The van der Waals surface area contributed by atoms with E-state index in [1.807, 2.05) is 0 Å². The Hall–Kier alpha value is -0.610. The maximum absolute atomic E-state index is 12.6. The number of carbonyl (C=O) groups is 1. The first-order valence-corrected chi connectivity index (χ1v) is 8.19. The summed E-state index contributed by atoms with van der Waals surface area (Å²) in [5.41, 5.74) is -0.0146. The van der Waals surface area contributed by atoms with Gasteiger partial charge in [-0.1, -0.05) is 27.7 Å². The second-order valence-electron chi connectivity index (χ2n) is 6.74. The maximum atomic E-state index is 12.6. The molecule has 2 saturated heterocycles. The zero-order chi connectivity index (χ0) is 14.8. The summed E-state index contributed by atoms with van der Waals surface area (Å²) in [4.78, 5) is 14.6. The molecule has 2 aliphatic rings. The number of carbonyl (C=O) groups excluding carboxylic acids is 1. The Bertz CT molecular complexity index is 339. The molecule has 2 unspecified atom stereocenters. The summed E-state index contributed by atoms with van der Waals surface area (Å²) in [6.07, 6.45) is 4.96. The molecule has 2 heterocycles. The van der Waals surface area contributed by atoms with Gasteiger partial charge in [-0.3, -0.25) is 10.1 Å². The maximum Gasteiger partial charge on any atom is 0.241 e. The van der Waals surface area contributed by atoms with Gasteiger partial charge in [0.05, 0.1) is 18.3 Å². The lowest BCUT2D eigenvalue weighted by Gasteiger charge is -2.43. The van der Waals surface area contributed by atoms with Crippen LogP contribution in [-0.2, 0) is 9.53 Å². The van der Waals surface area contributed by atoms with Gasteiger partial charge in [0.25, 0.3) is 0 Å². The number of nitrogens with one attached hydrogen (secondary N) is 1. The van der Waals surface area contributed by atoms with E-state index in [-0.39, 0.29) is 11.6 Å². The molecule has 2 fully saturated rings. The van der Waals surface area contributed by atoms with Crippen molar-refractivity contribution in [3.63, 3.8) is 0 Å². The van der Waals surface area contributed by atoms with Crippen molar-refractivity contribution in [2.24, 2.45) is 5.92 Å². The number of hydrogen-bond acceptors (Lipinski definition) is 3. The molecule has 20 heavy (non-hydrogen) atoms. The van der Waals surface area contributed by atoms with Gasteiger partial charge in [-0.15, -0.1) is 0 Å². The smallest absolute Gasteiger partial charge is 0.241 e. The van der Waals surface area contributed by atoms with Crippen molar-refractivity contribution in [2.75, 3.05) is 13.3 Å². The fraction of sp³-hybridized carbons (Fsp3) is 0.938. The van der Waals surface area contributed by atoms with Crippen LogP contribution in [0.1, 0.15) is 59.8 Å². The van der Waals surface area contributed by atoms with Crippen molar-refractivity contribution in [3.05, 3.63) is 0 Å². The van der Waals surface area contributed by atoms with Crippen molar-refractivity contribution in [1.29, 1.82) is 0 Å². The van der Waals surface area contributed by atoms with Gasteiger partial charge >= 0.3 is 0 Å². The Kier molecular flexibility index (Phi) is 5.08. The number of rotatable bonds is 5. The highest BCUT2D eigenvalue weighted by molar-refractivity contribution is 5.84. The lowest BCUT2D eigenvalue weighted by molar-refractivity contribution is -0.140. The molecule has 4 nitrogen and oxygen atoms in total. The fourth-order valence-electron chi connectivity index (χ4n) is 3.55. The molecule has 0 aromatic rings. The Labute approximate surface area is 123 Å². The minimum atomic E-state index is -0.0146. The third-order valence-electron chi connectivity index (χ3n) is 4.99. The van der Waals surface area contributed by atoms with Crippen molar-refractivity contribution < 1.29 is 9.53 Å². The van der Waals surface area contributed by atoms with Crippen LogP contribution in [0.15, 0.2) is 0 Å². The summed E-state index contributed by atoms with van der Waals surface area (Å²) in [6, 6.07) is 0.372. The van der Waals surface area contributed by atoms with Crippen molar-refractivity contribution in [2.45, 2.75) is 77.5 Å². The predicted molar refractivity (Wildman–Crippen MR) is 80.4 cm³/mol. The average Bonchev–Trinajstić information content (AvgIpc) is 2.79. The Morgan fingerprint density at radius 1 is 1.40 bits per heavy atom. The first-order chi connectivity index (χ1) is 9.51. The fourth-order valence-corrected chi connectivity index (χ4v) is 3.55. The van der Waals surface area contributed by atoms with E-state index < -0.39 is 0 Å². The second kappa shape index (κ2) is 6.44. The van der Waals surface area contributed by atoms with Crippen molar-refractivity contribution in [3.8, 4) is 0 Å². The first kappa shape index (κ1) is 15.8. The highest BCUT2D eigenvalue weighted by atomic mass is 16.5. The minimum Gasteiger partial charge on any atom is -0.375 e. The second-order valence-corrected chi connectivity index (χ2v) is 6.74. The summed E-state index contributed by atoms with van der Waals surface area (Å²) in [5.74, 6) is 0.850. The molecule has 2 rings (SSSR count). The third kappa shape index (κ3) is 3.17. The zero-order valence-electron chi connectivity index (χ0n) is 13.4. The molecule has 0 bridgehead atoms. The Balaban J connectivity index is 2.00. The van der Waals surface area contributed by atoms with Crippen LogP contribution >= 0.6 is 0 Å². The number of nitrogens with zero attached hydrogens (tertiary/aromatic N) is 1. The molecule has 0 aliphatic carbocycles. The molecular weight excluding hydrogens is 252 g/mol. The van der Waals surface area contributed by atoms with Gasteiger partial charge in [-0.25, -0.2) is 0 Å². The van der Waals surface area contributed by atoms with Gasteiger partial charge in [0.2, 0.25) is 5.91 Å². The topological polar surface area (TPSA) is 41.6 Å². The largest absolute Gasteiger partial charge is 0.375 e. The van der Waals surface area contributed by atoms with Gasteiger partial charge in [0.15, 0.2) is 0 Å². The van der Waals surface area contributed by atoms with Crippen LogP contribution in [0.5, 0.6) is 0 Å². The predicted octanol–water partition coefficient (Wildman–Crippen LogP) is 2.53. The van der Waals surface area contributed by atoms with E-state index >= 15 is 0 Å². The zero-order valence-corrected chi connectivity index (χ0v) is 13.4. The lowest BCUT2D eigenvalue weighted by Crippen LogP contribution is -2.49. The number of hydrogen-bond donors (Lipinski definition) is 1. The highest BCUT2D eigenvalue weighted by Gasteiger charge is 2.42. The van der Waals surface area contributed by atoms with E-state index in [9.17, 15) is 4.79 Å². The summed E-state index contributed by atoms with van der Waals surface area (Å²) in [6.45, 7) is 10.2. The molecule has 1 N–H and O–H groups in total. The number of amides is 1. The van der Waals surface area contributed by atoms with E-state index in [1.165, 1.54) is 0 Å². The van der Waals surface area contributed by atoms with E-state index in [1.54, 1.807) is 0 Å². The van der Waals surface area contributed by atoms with E-state index in [0.29, 0.717) is 24.5 Å². The molecule has 0 saturated carbocycles. The molecule has 2 atom stereocenters. The monoisotopic (exact) mass is 282 g/mol. The standard InChI is InChI=1S/C16H30N2O2/c1-5-16(6-2)10-13(7-8-20-16)18-11-17-14(15(18)19)9-12(3)4/h12-14,17H,5-11H2,1-4H3. The quantitative estimate of drug-likeness (QED) is 0.842. The van der Waals surface area contributed by atoms with Crippen LogP contribution in [-0.4, -0.2) is 41.8 Å². The van der Waals surface area contributed by atoms with Crippen molar-refractivity contribution >= 4 is 5.91 Å². The molecule has 4 heteroatoms. The summed E-state index contributed by atoms with van der Waals surface area (Å²) >= 11 is 0. The molecular formula is C16H30N2O2. The SMILES string of the molecule is CCC1(CC)CC(N2CNC(CC(C)C)C2=O)CCO1. The van der Waals surface area contributed by atoms with E-state index in [4.69, 9.17) is 4.74 Å². The molecule has 2 aliphatic heterocycles. The summed E-state index contributed by atoms with van der Waals surface area (Å²) < 4.78 is 6.02. The minimum absolute atomic E-state index is 0.0146. The van der Waals surface area contributed by atoms with Gasteiger partial charge in [0, 0.05) is 12.6 Å². The van der Waals surface area contributed by atoms with Crippen LogP contribution in [0, 0.1) is 5.92 Å². The molecule has 0 radical (unpaired) electrons. The van der Waals surface area contributed by atoms with E-state index in [0.717, 1.165) is 38.7 Å². The van der Waals surface area contributed by atoms with Crippen LogP contribution in [0.25, 0.3) is 0 Å². The first-order valence-electron chi connectivity index (χ1n) is 8.19. The van der Waals surface area contributed by atoms with Gasteiger partial charge in [-0.2, -0.15) is 0 Å². The van der Waals surface area contributed by atoms with Gasteiger partial charge in [0.1, 0.15) is 0 Å². The average molecular weight is 282 g/mol. The van der Waals surface area contributed by atoms with Gasteiger partial charge in [-0.05, 0) is 38.0 Å². The summed E-state index contributed by atoms with van der Waals surface area (Å²) in [5, 5.41) is 3.38. The van der Waals surface area contributed by atoms with Crippen LogP contribution in [0.3, 0.4) is 0 Å². The summed E-state index contributed by atoms with van der Waals surface area (Å²) in [7, 11) is 0. The van der Waals surface area contributed by atoms with Crippen LogP contribution in [0.2, 0.25) is 0 Å². The van der Waals surface area contributed by atoms with E-state index in [2.05, 4.69) is 37.9 Å². The van der Waals surface area contributed by atoms with Gasteiger partial charge < -0.3 is 9.64 Å². The highest BCUT2D eigenvalue weighted by Crippen LogP contribution is 2.34.